The Balaban J connectivity index is 3.03. The molecule has 0 aliphatic rings. The first-order chi connectivity index (χ1) is 9.03. The summed E-state index contributed by atoms with van der Waals surface area (Å²) >= 11 is 0. The van der Waals surface area contributed by atoms with Crippen LogP contribution in [-0.2, 0) is 10.0 Å². The molecule has 0 unspecified atom stereocenters. The van der Waals surface area contributed by atoms with Gasteiger partial charge in [-0.25, -0.2) is 0 Å². The lowest BCUT2D eigenvalue weighted by Gasteiger charge is -2.00. The number of methoxy groups -OCH3 is 1. The second-order valence-electron chi connectivity index (χ2n) is 4.19. The van der Waals surface area contributed by atoms with Crippen molar-refractivity contribution in [1.29, 1.82) is 0 Å². The fourth-order valence-electron chi connectivity index (χ4n) is 1.66. The fraction of sp³-hybridized carbons (Fsp3) is 0.538. The summed E-state index contributed by atoms with van der Waals surface area (Å²) in [5, 5.41) is 0. The molecular formula is C13H21NO3PS+. The standard InChI is InChI=1S/C13H21NO3PS/c1-4-10-18(11-5-2)14-19(15,16)13-8-6-12(17-3)7-9-13/h6-9H,4-5,10-11H2,1-3H3/q+1. The highest BCUT2D eigenvalue weighted by Crippen LogP contribution is 2.31. The van der Waals surface area contributed by atoms with Gasteiger partial charge in [0.1, 0.15) is 18.1 Å². The molecule has 1 aromatic rings. The molecule has 0 radical (unpaired) electrons. The van der Waals surface area contributed by atoms with Gasteiger partial charge < -0.3 is 4.74 Å². The summed E-state index contributed by atoms with van der Waals surface area (Å²) in [4.78, 5) is 0.244. The van der Waals surface area contributed by atoms with Crippen LogP contribution in [0, 0.1) is 0 Å². The Kier molecular flexibility index (Phi) is 6.46. The molecule has 1 rings (SSSR count). The molecule has 0 fully saturated rings. The summed E-state index contributed by atoms with van der Waals surface area (Å²) in [6, 6.07) is 6.38. The average Bonchev–Trinajstić information content (AvgIpc) is 2.39. The lowest BCUT2D eigenvalue weighted by molar-refractivity contribution is 0.414. The van der Waals surface area contributed by atoms with Crippen molar-refractivity contribution in [3.05, 3.63) is 24.3 Å². The predicted octanol–water partition coefficient (Wildman–Crippen LogP) is 3.87. The molecule has 0 saturated heterocycles. The van der Waals surface area contributed by atoms with Crippen molar-refractivity contribution in [3.8, 4) is 5.75 Å². The van der Waals surface area contributed by atoms with Crippen molar-refractivity contribution >= 4 is 17.7 Å². The highest BCUT2D eigenvalue weighted by molar-refractivity contribution is 7.92. The maximum absolute atomic E-state index is 12.2. The maximum Gasteiger partial charge on any atom is 0.316 e. The van der Waals surface area contributed by atoms with Gasteiger partial charge >= 0.3 is 10.0 Å². The molecule has 0 N–H and O–H groups in total. The first kappa shape index (κ1) is 16.1. The van der Waals surface area contributed by atoms with Crippen molar-refractivity contribution in [2.75, 3.05) is 19.4 Å². The molecule has 0 heterocycles. The molecule has 0 bridgehead atoms. The fourth-order valence-corrected chi connectivity index (χ4v) is 5.64. The second-order valence-corrected chi connectivity index (χ2v) is 8.17. The Morgan fingerprint density at radius 3 is 2.05 bits per heavy atom. The highest BCUT2D eigenvalue weighted by atomic mass is 32.2. The number of sulfonamides is 1. The van der Waals surface area contributed by atoms with Gasteiger partial charge in [0.05, 0.1) is 12.0 Å². The van der Waals surface area contributed by atoms with Crippen molar-refractivity contribution in [3.63, 3.8) is 0 Å². The Morgan fingerprint density at radius 1 is 1.11 bits per heavy atom. The van der Waals surface area contributed by atoms with Crippen molar-refractivity contribution < 1.29 is 13.2 Å². The van der Waals surface area contributed by atoms with Crippen LogP contribution in [0.25, 0.3) is 0 Å². The molecule has 0 saturated carbocycles. The van der Waals surface area contributed by atoms with Crippen LogP contribution in [0.4, 0.5) is 0 Å². The van der Waals surface area contributed by atoms with Crippen LogP contribution in [-0.4, -0.2) is 27.9 Å². The molecule has 0 amide bonds. The molecule has 106 valence electrons. The first-order valence-electron chi connectivity index (χ1n) is 6.40. The van der Waals surface area contributed by atoms with E-state index in [4.69, 9.17) is 4.74 Å². The van der Waals surface area contributed by atoms with Gasteiger partial charge in [0.2, 0.25) is 7.71 Å². The van der Waals surface area contributed by atoms with E-state index in [0.717, 1.165) is 25.2 Å². The van der Waals surface area contributed by atoms with E-state index in [0.29, 0.717) is 5.75 Å². The summed E-state index contributed by atoms with van der Waals surface area (Å²) in [6.45, 7) is 4.11. The minimum atomic E-state index is -3.53. The monoisotopic (exact) mass is 302 g/mol. The minimum absolute atomic E-state index is 0.244. The average molecular weight is 302 g/mol. The first-order valence-corrected chi connectivity index (χ1v) is 9.51. The summed E-state index contributed by atoms with van der Waals surface area (Å²) in [5.74, 6) is 0.642. The Morgan fingerprint density at radius 2 is 1.63 bits per heavy atom. The van der Waals surface area contributed by atoms with E-state index in [2.05, 4.69) is 18.0 Å². The molecule has 0 aliphatic heterocycles. The lowest BCUT2D eigenvalue weighted by Crippen LogP contribution is -1.97. The zero-order valence-electron chi connectivity index (χ0n) is 11.7. The van der Waals surface area contributed by atoms with E-state index in [-0.39, 0.29) is 4.90 Å². The van der Waals surface area contributed by atoms with Crippen LogP contribution in [0.1, 0.15) is 26.7 Å². The van der Waals surface area contributed by atoms with Crippen LogP contribution in [0.5, 0.6) is 5.75 Å². The van der Waals surface area contributed by atoms with Gasteiger partial charge in [0, 0.05) is 4.15 Å². The predicted molar refractivity (Wildman–Crippen MR) is 79.8 cm³/mol. The lowest BCUT2D eigenvalue weighted by atomic mass is 10.3. The van der Waals surface area contributed by atoms with E-state index >= 15 is 0 Å². The second kappa shape index (κ2) is 7.61. The van der Waals surface area contributed by atoms with E-state index in [1.165, 1.54) is 0 Å². The minimum Gasteiger partial charge on any atom is -0.497 e. The van der Waals surface area contributed by atoms with Gasteiger partial charge in [-0.2, -0.15) is 8.42 Å². The van der Waals surface area contributed by atoms with Crippen molar-refractivity contribution in [2.24, 2.45) is 4.15 Å². The number of nitrogens with zero attached hydrogens (tertiary/aromatic N) is 1. The largest absolute Gasteiger partial charge is 0.497 e. The Hall–Kier alpha value is -0.930. The number of rotatable bonds is 7. The number of ether oxygens (including phenoxy) is 1. The van der Waals surface area contributed by atoms with Crippen LogP contribution in [0.15, 0.2) is 33.3 Å². The van der Waals surface area contributed by atoms with Gasteiger partial charge in [0.25, 0.3) is 0 Å². The number of hydrogen-bond acceptors (Lipinski definition) is 3. The van der Waals surface area contributed by atoms with E-state index in [1.54, 1.807) is 31.4 Å². The third kappa shape index (κ3) is 4.92. The Bertz CT molecular complexity index is 515. The van der Waals surface area contributed by atoms with Gasteiger partial charge in [-0.1, -0.05) is 13.8 Å². The molecule has 0 spiro atoms. The highest BCUT2D eigenvalue weighted by Gasteiger charge is 2.21. The van der Waals surface area contributed by atoms with Crippen LogP contribution in [0.2, 0.25) is 0 Å². The number of benzene rings is 1. The van der Waals surface area contributed by atoms with Crippen LogP contribution < -0.4 is 4.74 Å². The Labute approximate surface area is 116 Å². The van der Waals surface area contributed by atoms with E-state index in [9.17, 15) is 8.42 Å². The summed E-state index contributed by atoms with van der Waals surface area (Å²) in [5.41, 5.74) is 0. The third-order valence-electron chi connectivity index (χ3n) is 2.54. The topological polar surface area (TPSA) is 55.7 Å². The smallest absolute Gasteiger partial charge is 0.316 e. The number of hydrogen-bond donors (Lipinski definition) is 0. The SMILES string of the molecule is CCC[P+](CCC)=NS(=O)(=O)c1ccc(OC)cc1. The molecular weight excluding hydrogens is 281 g/mol. The molecule has 4 nitrogen and oxygen atoms in total. The molecule has 6 heteroatoms. The summed E-state index contributed by atoms with van der Waals surface area (Å²) in [7, 11) is -2.76. The summed E-state index contributed by atoms with van der Waals surface area (Å²) in [6.07, 6.45) is 3.68. The third-order valence-corrected chi connectivity index (χ3v) is 7.12. The maximum atomic E-state index is 12.2. The van der Waals surface area contributed by atoms with E-state index < -0.39 is 17.7 Å². The summed E-state index contributed by atoms with van der Waals surface area (Å²) < 4.78 is 33.5. The normalized spacial score (nSPS) is 11.1. The molecule has 19 heavy (non-hydrogen) atoms. The molecule has 0 aliphatic carbocycles. The van der Waals surface area contributed by atoms with Gasteiger partial charge in [-0.15, -0.1) is 0 Å². The molecule has 1 aromatic carbocycles. The van der Waals surface area contributed by atoms with Crippen LogP contribution >= 0.6 is 7.71 Å². The zero-order chi connectivity index (χ0) is 14.3. The molecule has 0 atom stereocenters. The molecule has 0 aromatic heterocycles. The van der Waals surface area contributed by atoms with Crippen molar-refractivity contribution in [1.82, 2.24) is 0 Å². The van der Waals surface area contributed by atoms with Crippen molar-refractivity contribution in [2.45, 2.75) is 31.6 Å². The van der Waals surface area contributed by atoms with E-state index in [1.807, 2.05) is 0 Å². The quantitative estimate of drug-likeness (QED) is 0.718. The zero-order valence-corrected chi connectivity index (χ0v) is 13.4. The van der Waals surface area contributed by atoms with Crippen LogP contribution in [0.3, 0.4) is 0 Å². The van der Waals surface area contributed by atoms with Gasteiger partial charge in [0.15, 0.2) is 0 Å². The van der Waals surface area contributed by atoms with Gasteiger partial charge in [-0.05, 0) is 37.1 Å². The van der Waals surface area contributed by atoms with Gasteiger partial charge in [-0.3, -0.25) is 0 Å².